The molecule has 0 radical (unpaired) electrons. The van der Waals surface area contributed by atoms with Gasteiger partial charge in [0.05, 0.1) is 26.4 Å². The number of carbonyl (C=O) groups excluding carboxylic acids is 2. The highest BCUT2D eigenvalue weighted by molar-refractivity contribution is 7.24. The Morgan fingerprint density at radius 1 is 0.743 bits per heavy atom. The largest absolute Gasteiger partial charge is 0.395 e. The Bertz CT molecular complexity index is 1190. The summed E-state index contributed by atoms with van der Waals surface area (Å²) in [5.74, 6) is -2.38. The van der Waals surface area contributed by atoms with Crippen LogP contribution in [0.25, 0.3) is 20.2 Å². The maximum Gasteiger partial charge on any atom is 0.235 e. The maximum atomic E-state index is 13.4. The van der Waals surface area contributed by atoms with Crippen LogP contribution in [-0.2, 0) is 16.0 Å². The molecule has 0 saturated heterocycles. The van der Waals surface area contributed by atoms with Crippen molar-refractivity contribution in [2.24, 2.45) is 5.92 Å². The number of fused-ring (bicyclic) bond motifs is 2. The number of benzene rings is 2. The van der Waals surface area contributed by atoms with Gasteiger partial charge in [0, 0.05) is 46.4 Å². The summed E-state index contributed by atoms with van der Waals surface area (Å²) in [6.07, 6.45) is -0.0226. The summed E-state index contributed by atoms with van der Waals surface area (Å²) in [7, 11) is 0. The monoisotopic (exact) mass is 502 g/mol. The fraction of sp³-hybridized carbons (Fsp3) is 0.400. The van der Waals surface area contributed by atoms with Crippen molar-refractivity contribution in [3.8, 4) is 0 Å². The average Bonchev–Trinajstić information content (AvgIpc) is 2.86. The van der Waals surface area contributed by atoms with Gasteiger partial charge >= 0.3 is 0 Å². The zero-order chi connectivity index (χ0) is 25.4. The van der Waals surface area contributed by atoms with Crippen LogP contribution in [0.2, 0.25) is 0 Å². The standard InChI is InChI=1S/C25H30N2O7S/c28-11-7-26(8-12-29)24(33)20(25(34)27(9-13-30)10-14-31)16-17-5-6-22-19(15-17)23(32)18-3-1-2-4-21(18)35-22/h1-6,15,20,28-31H,7-14,16H2. The first-order valence-corrected chi connectivity index (χ1v) is 12.2. The Morgan fingerprint density at radius 3 is 1.80 bits per heavy atom. The zero-order valence-electron chi connectivity index (χ0n) is 19.3. The van der Waals surface area contributed by atoms with Crippen LogP contribution in [0.4, 0.5) is 0 Å². The van der Waals surface area contributed by atoms with Gasteiger partial charge in [-0.25, -0.2) is 0 Å². The van der Waals surface area contributed by atoms with E-state index in [0.29, 0.717) is 16.3 Å². The minimum atomic E-state index is -1.22. The number of carbonyl (C=O) groups is 2. The van der Waals surface area contributed by atoms with E-state index in [4.69, 9.17) is 0 Å². The summed E-state index contributed by atoms with van der Waals surface area (Å²) in [6.45, 7) is -1.58. The third kappa shape index (κ3) is 6.22. The molecule has 9 nitrogen and oxygen atoms in total. The molecule has 0 aliphatic rings. The van der Waals surface area contributed by atoms with Crippen LogP contribution in [0.3, 0.4) is 0 Å². The number of amides is 2. The molecule has 1 aromatic heterocycles. The second-order valence-electron chi connectivity index (χ2n) is 8.06. The quantitative estimate of drug-likeness (QED) is 0.205. The summed E-state index contributed by atoms with van der Waals surface area (Å²) in [4.78, 5) is 42.2. The molecule has 188 valence electrons. The van der Waals surface area contributed by atoms with Crippen LogP contribution in [0.5, 0.6) is 0 Å². The first-order chi connectivity index (χ1) is 16.9. The number of nitrogens with zero attached hydrogens (tertiary/aromatic N) is 2. The topological polar surface area (TPSA) is 139 Å². The first kappa shape index (κ1) is 26.7. The summed E-state index contributed by atoms with van der Waals surface area (Å²) in [5, 5.41) is 38.6. The molecular formula is C25H30N2O7S. The van der Waals surface area contributed by atoms with Crippen molar-refractivity contribution >= 4 is 43.3 Å². The van der Waals surface area contributed by atoms with Crippen LogP contribution in [-0.4, -0.2) is 94.6 Å². The minimum absolute atomic E-state index is 0.0226. The Kier molecular flexibility index (Phi) is 9.70. The van der Waals surface area contributed by atoms with E-state index in [1.165, 1.54) is 21.1 Å². The van der Waals surface area contributed by atoms with E-state index in [1.54, 1.807) is 30.3 Å². The van der Waals surface area contributed by atoms with Crippen LogP contribution >= 0.6 is 11.3 Å². The van der Waals surface area contributed by atoms with Crippen molar-refractivity contribution in [1.82, 2.24) is 9.80 Å². The maximum absolute atomic E-state index is 13.4. The van der Waals surface area contributed by atoms with Gasteiger partial charge in [0.2, 0.25) is 11.8 Å². The first-order valence-electron chi connectivity index (χ1n) is 11.4. The van der Waals surface area contributed by atoms with E-state index in [0.717, 1.165) is 9.40 Å². The highest BCUT2D eigenvalue weighted by Gasteiger charge is 2.33. The normalized spacial score (nSPS) is 11.3. The van der Waals surface area contributed by atoms with Gasteiger partial charge in [-0.15, -0.1) is 11.3 Å². The zero-order valence-corrected chi connectivity index (χ0v) is 20.1. The Hall–Kier alpha value is -2.89. The number of rotatable bonds is 12. The predicted octanol–water partition coefficient (Wildman–Crippen LogP) is 0.200. The molecule has 0 aliphatic heterocycles. The molecule has 0 atom stereocenters. The number of aliphatic hydroxyl groups is 4. The summed E-state index contributed by atoms with van der Waals surface area (Å²) >= 11 is 1.48. The van der Waals surface area contributed by atoms with Gasteiger partial charge in [0.1, 0.15) is 5.92 Å². The second-order valence-corrected chi connectivity index (χ2v) is 9.14. The van der Waals surface area contributed by atoms with E-state index >= 15 is 0 Å². The molecule has 1 heterocycles. The van der Waals surface area contributed by atoms with Gasteiger partial charge < -0.3 is 30.2 Å². The Balaban J connectivity index is 2.03. The highest BCUT2D eigenvalue weighted by Crippen LogP contribution is 2.26. The van der Waals surface area contributed by atoms with Crippen molar-refractivity contribution in [2.45, 2.75) is 6.42 Å². The molecule has 10 heteroatoms. The van der Waals surface area contributed by atoms with E-state index < -0.39 is 17.7 Å². The lowest BCUT2D eigenvalue weighted by Crippen LogP contribution is -2.49. The lowest BCUT2D eigenvalue weighted by Gasteiger charge is -2.30. The van der Waals surface area contributed by atoms with Gasteiger partial charge in [-0.05, 0) is 36.2 Å². The molecule has 0 fully saturated rings. The average molecular weight is 503 g/mol. The number of hydrogen-bond acceptors (Lipinski definition) is 8. The highest BCUT2D eigenvalue weighted by atomic mass is 32.1. The van der Waals surface area contributed by atoms with E-state index in [-0.39, 0.29) is 64.5 Å². The van der Waals surface area contributed by atoms with Crippen LogP contribution in [0.15, 0.2) is 47.3 Å². The van der Waals surface area contributed by atoms with Crippen molar-refractivity contribution in [2.75, 3.05) is 52.6 Å². The van der Waals surface area contributed by atoms with Gasteiger partial charge in [0.15, 0.2) is 5.43 Å². The molecule has 4 N–H and O–H groups in total. The molecule has 0 spiro atoms. The van der Waals surface area contributed by atoms with Gasteiger partial charge in [-0.1, -0.05) is 18.2 Å². The molecule has 0 bridgehead atoms. The SMILES string of the molecule is O=C(C(Cc1ccc2sc3ccccc3c(=O)c2c1)C(=O)N(CCO)CCO)N(CCO)CCO. The molecule has 3 aromatic rings. The van der Waals surface area contributed by atoms with Crippen LogP contribution < -0.4 is 5.43 Å². The van der Waals surface area contributed by atoms with Crippen molar-refractivity contribution < 1.29 is 30.0 Å². The fourth-order valence-corrected chi connectivity index (χ4v) is 5.13. The van der Waals surface area contributed by atoms with Crippen molar-refractivity contribution in [3.05, 3.63) is 58.3 Å². The molecular weight excluding hydrogens is 472 g/mol. The van der Waals surface area contributed by atoms with E-state index in [1.807, 2.05) is 12.1 Å². The van der Waals surface area contributed by atoms with Gasteiger partial charge in [-0.3, -0.25) is 14.4 Å². The molecule has 2 amide bonds. The van der Waals surface area contributed by atoms with Crippen molar-refractivity contribution in [1.29, 1.82) is 0 Å². The summed E-state index contributed by atoms with van der Waals surface area (Å²) in [6, 6.07) is 12.6. The number of aliphatic hydroxyl groups excluding tert-OH is 4. The van der Waals surface area contributed by atoms with Gasteiger partial charge in [0.25, 0.3) is 0 Å². The molecule has 35 heavy (non-hydrogen) atoms. The second kappa shape index (κ2) is 12.7. The molecule has 0 aliphatic carbocycles. The fourth-order valence-electron chi connectivity index (χ4n) is 4.08. The number of hydrogen-bond donors (Lipinski definition) is 4. The Morgan fingerprint density at radius 2 is 1.26 bits per heavy atom. The lowest BCUT2D eigenvalue weighted by molar-refractivity contribution is -0.148. The third-order valence-corrected chi connectivity index (χ3v) is 6.93. The van der Waals surface area contributed by atoms with Gasteiger partial charge in [-0.2, -0.15) is 0 Å². The molecule has 3 rings (SSSR count). The smallest absolute Gasteiger partial charge is 0.235 e. The van der Waals surface area contributed by atoms with Crippen LogP contribution in [0.1, 0.15) is 5.56 Å². The molecule has 0 saturated carbocycles. The lowest BCUT2D eigenvalue weighted by atomic mass is 9.95. The molecule has 0 unspecified atom stereocenters. The summed E-state index contributed by atoms with van der Waals surface area (Å²) < 4.78 is 1.66. The third-order valence-electron chi connectivity index (χ3n) is 5.78. The van der Waals surface area contributed by atoms with E-state index in [9.17, 15) is 34.8 Å². The van der Waals surface area contributed by atoms with Crippen molar-refractivity contribution in [3.63, 3.8) is 0 Å². The van der Waals surface area contributed by atoms with E-state index in [2.05, 4.69) is 0 Å². The summed E-state index contributed by atoms with van der Waals surface area (Å²) in [5.41, 5.74) is 0.472. The minimum Gasteiger partial charge on any atom is -0.395 e. The Labute approximate surface area is 206 Å². The van der Waals surface area contributed by atoms with Crippen LogP contribution in [0, 0.1) is 5.92 Å². The molecule has 2 aromatic carbocycles. The predicted molar refractivity (Wildman–Crippen MR) is 134 cm³/mol.